The number of nitrogens with zero attached hydrogens (tertiary/aromatic N) is 2. The molecule has 0 spiro atoms. The molecule has 2 aromatic rings. The van der Waals surface area contributed by atoms with E-state index < -0.39 is 15.5 Å². The summed E-state index contributed by atoms with van der Waals surface area (Å²) in [6, 6.07) is 20.8. The summed E-state index contributed by atoms with van der Waals surface area (Å²) >= 11 is 0. The van der Waals surface area contributed by atoms with Crippen LogP contribution in [-0.4, -0.2) is 27.2 Å². The molecule has 0 saturated carbocycles. The molecule has 3 rings (SSSR count). The van der Waals surface area contributed by atoms with Crippen LogP contribution >= 0.6 is 0 Å². The molecule has 1 aliphatic carbocycles. The summed E-state index contributed by atoms with van der Waals surface area (Å²) in [6.07, 6.45) is 3.07. The van der Waals surface area contributed by atoms with Gasteiger partial charge in [-0.3, -0.25) is 20.2 Å². The zero-order valence-corrected chi connectivity index (χ0v) is 13.9. The van der Waals surface area contributed by atoms with E-state index in [1.165, 1.54) is 23.3 Å². The summed E-state index contributed by atoms with van der Waals surface area (Å²) in [5, 5.41) is 29.7. The van der Waals surface area contributed by atoms with Crippen molar-refractivity contribution >= 4 is 0 Å². The highest BCUT2D eigenvalue weighted by Crippen LogP contribution is 2.24. The van der Waals surface area contributed by atoms with Gasteiger partial charge in [0.15, 0.2) is 0 Å². The smallest absolute Gasteiger partial charge is 0.392 e. The fraction of sp³-hybridized carbons (Fsp3) is 0.158. The first-order chi connectivity index (χ1) is 12.5. The van der Waals surface area contributed by atoms with Crippen molar-refractivity contribution in [1.29, 1.82) is 0 Å². The first kappa shape index (κ1) is 19.0. The third-order valence-electron chi connectivity index (χ3n) is 3.92. The van der Waals surface area contributed by atoms with Crippen molar-refractivity contribution in [2.24, 2.45) is 0 Å². The van der Waals surface area contributed by atoms with Crippen molar-refractivity contribution in [1.82, 2.24) is 0 Å². The summed E-state index contributed by atoms with van der Waals surface area (Å²) in [5.74, 6) is 0. The maximum Gasteiger partial charge on any atom is 0.481 e. The minimum Gasteiger partial charge on any atom is -0.392 e. The molecule has 0 bridgehead atoms. The number of hydrogen-bond donors (Lipinski definition) is 1. The molecule has 1 N–H and O–H groups in total. The number of hydrogen-bond acceptors (Lipinski definition) is 5. The van der Waals surface area contributed by atoms with E-state index in [-0.39, 0.29) is 13.0 Å². The first-order valence-corrected chi connectivity index (χ1v) is 7.88. The van der Waals surface area contributed by atoms with Crippen LogP contribution in [0.2, 0.25) is 0 Å². The van der Waals surface area contributed by atoms with Crippen LogP contribution in [0, 0.1) is 20.2 Å². The fourth-order valence-electron chi connectivity index (χ4n) is 2.37. The van der Waals surface area contributed by atoms with E-state index in [1.807, 2.05) is 12.1 Å². The minimum absolute atomic E-state index is 0.276. The molecule has 0 aliphatic heterocycles. The van der Waals surface area contributed by atoms with Crippen LogP contribution in [0.25, 0.3) is 11.1 Å². The molecule has 0 radical (unpaired) electrons. The van der Waals surface area contributed by atoms with Gasteiger partial charge in [-0.1, -0.05) is 66.7 Å². The third kappa shape index (κ3) is 4.40. The second-order valence-corrected chi connectivity index (χ2v) is 5.60. The standard InChI is InChI=1S/C12H10.C7H8N2O5/c1-3-7-11(8-4-1)12-9-5-2-6-10-12;10-5-6-1-3-7(4-2-6,8(11)12)9(13)14/h1-10H;1-3,10H,4-5H2. The van der Waals surface area contributed by atoms with Crippen molar-refractivity contribution in [3.8, 4) is 11.1 Å². The molecule has 0 heterocycles. The second-order valence-electron chi connectivity index (χ2n) is 5.60. The normalized spacial score (nSPS) is 14.6. The number of rotatable bonds is 4. The molecule has 7 nitrogen and oxygen atoms in total. The molecule has 0 saturated heterocycles. The van der Waals surface area contributed by atoms with Crippen molar-refractivity contribution < 1.29 is 15.0 Å². The van der Waals surface area contributed by atoms with Crippen molar-refractivity contribution in [2.75, 3.05) is 6.61 Å². The molecule has 26 heavy (non-hydrogen) atoms. The van der Waals surface area contributed by atoms with Gasteiger partial charge in [0, 0.05) is 0 Å². The Morgan fingerprint density at radius 2 is 1.35 bits per heavy atom. The topological polar surface area (TPSA) is 107 Å². The maximum absolute atomic E-state index is 10.5. The summed E-state index contributed by atoms with van der Waals surface area (Å²) in [7, 11) is 0. The Balaban J connectivity index is 0.000000189. The van der Waals surface area contributed by atoms with Gasteiger partial charge in [-0.25, -0.2) is 0 Å². The first-order valence-electron chi connectivity index (χ1n) is 7.88. The quantitative estimate of drug-likeness (QED) is 0.514. The third-order valence-corrected chi connectivity index (χ3v) is 3.92. The predicted molar refractivity (Wildman–Crippen MR) is 97.5 cm³/mol. The molecular weight excluding hydrogens is 336 g/mol. The summed E-state index contributed by atoms with van der Waals surface area (Å²) in [6.45, 7) is -0.276. The van der Waals surface area contributed by atoms with Crippen LogP contribution in [0.3, 0.4) is 0 Å². The average molecular weight is 354 g/mol. The van der Waals surface area contributed by atoms with Gasteiger partial charge in [0.25, 0.3) is 0 Å². The molecule has 1 aliphatic rings. The van der Waals surface area contributed by atoms with E-state index >= 15 is 0 Å². The highest BCUT2D eigenvalue weighted by Gasteiger charge is 2.53. The van der Waals surface area contributed by atoms with Crippen LogP contribution in [0.15, 0.2) is 84.5 Å². The van der Waals surface area contributed by atoms with Gasteiger partial charge in [-0.2, -0.15) is 0 Å². The van der Waals surface area contributed by atoms with E-state index in [0.29, 0.717) is 5.57 Å². The zero-order chi connectivity index (χ0) is 19.0. The SMILES string of the molecule is O=[N+]([O-])C1([N+](=O)[O-])C=CC(CO)=CC1.c1ccc(-c2ccccc2)cc1. The fourth-order valence-corrected chi connectivity index (χ4v) is 2.37. The lowest BCUT2D eigenvalue weighted by Gasteiger charge is -2.15. The van der Waals surface area contributed by atoms with Crippen molar-refractivity contribution in [2.45, 2.75) is 12.1 Å². The van der Waals surface area contributed by atoms with E-state index in [2.05, 4.69) is 48.5 Å². The van der Waals surface area contributed by atoms with Gasteiger partial charge in [-0.05, 0) is 22.8 Å². The van der Waals surface area contributed by atoms with Crippen LogP contribution in [-0.2, 0) is 0 Å². The molecule has 2 aromatic carbocycles. The maximum atomic E-state index is 10.5. The summed E-state index contributed by atoms with van der Waals surface area (Å²) in [4.78, 5) is 19.2. The number of aliphatic hydroxyl groups excluding tert-OH is 1. The second kappa shape index (κ2) is 8.68. The lowest BCUT2D eigenvalue weighted by molar-refractivity contribution is -0.780. The van der Waals surface area contributed by atoms with E-state index in [9.17, 15) is 20.2 Å². The van der Waals surface area contributed by atoms with Crippen LogP contribution < -0.4 is 0 Å². The van der Waals surface area contributed by atoms with E-state index in [4.69, 9.17) is 5.11 Å². The summed E-state index contributed by atoms with van der Waals surface area (Å²) in [5.41, 5.74) is 0.735. The van der Waals surface area contributed by atoms with Crippen LogP contribution in [0.5, 0.6) is 0 Å². The van der Waals surface area contributed by atoms with Gasteiger partial charge in [0.1, 0.15) is 16.3 Å². The highest BCUT2D eigenvalue weighted by atomic mass is 16.7. The van der Waals surface area contributed by atoms with Crippen LogP contribution in [0.1, 0.15) is 6.42 Å². The molecule has 7 heteroatoms. The summed E-state index contributed by atoms with van der Waals surface area (Å²) < 4.78 is 0. The Kier molecular flexibility index (Phi) is 6.35. The predicted octanol–water partition coefficient (Wildman–Crippen LogP) is 3.47. The van der Waals surface area contributed by atoms with Crippen LogP contribution in [0.4, 0.5) is 0 Å². The minimum atomic E-state index is -2.27. The Hall–Kier alpha value is -3.32. The van der Waals surface area contributed by atoms with Gasteiger partial charge in [0.05, 0.1) is 12.7 Å². The van der Waals surface area contributed by atoms with Gasteiger partial charge in [-0.15, -0.1) is 0 Å². The Morgan fingerprint density at radius 3 is 1.65 bits per heavy atom. The average Bonchev–Trinajstić information content (AvgIpc) is 2.69. The Labute approximate surface area is 150 Å². The van der Waals surface area contributed by atoms with Crippen molar-refractivity contribution in [3.05, 3.63) is 105 Å². The molecule has 0 amide bonds. The lowest BCUT2D eigenvalue weighted by Crippen LogP contribution is -2.44. The van der Waals surface area contributed by atoms with E-state index in [0.717, 1.165) is 6.08 Å². The number of nitro groups is 2. The molecular formula is C19H18N2O5. The zero-order valence-electron chi connectivity index (χ0n) is 13.9. The largest absolute Gasteiger partial charge is 0.481 e. The highest BCUT2D eigenvalue weighted by molar-refractivity contribution is 5.62. The molecule has 0 fully saturated rings. The number of aliphatic hydroxyl groups is 1. The molecule has 0 aromatic heterocycles. The molecule has 0 atom stereocenters. The Morgan fingerprint density at radius 1 is 0.885 bits per heavy atom. The molecule has 0 unspecified atom stereocenters. The Bertz CT molecular complexity index is 765. The lowest BCUT2D eigenvalue weighted by atomic mass is 9.98. The van der Waals surface area contributed by atoms with Gasteiger partial charge in [0.2, 0.25) is 0 Å². The number of benzene rings is 2. The monoisotopic (exact) mass is 354 g/mol. The van der Waals surface area contributed by atoms with E-state index in [1.54, 1.807) is 0 Å². The van der Waals surface area contributed by atoms with Gasteiger partial charge >= 0.3 is 5.66 Å². The van der Waals surface area contributed by atoms with Gasteiger partial charge < -0.3 is 5.11 Å². The molecule has 134 valence electrons. The van der Waals surface area contributed by atoms with Crippen molar-refractivity contribution in [3.63, 3.8) is 0 Å².